The molecule has 0 unspecified atom stereocenters. The normalized spacial score (nSPS) is 9.95. The van der Waals surface area contributed by atoms with Crippen LogP contribution in [0.5, 0.6) is 11.5 Å². The fourth-order valence-electron chi connectivity index (χ4n) is 1.82. The minimum atomic E-state index is 0.616. The third-order valence-electron chi connectivity index (χ3n) is 2.97. The fourth-order valence-corrected chi connectivity index (χ4v) is 2.03. The van der Waals surface area contributed by atoms with Crippen molar-refractivity contribution in [3.8, 4) is 11.5 Å². The van der Waals surface area contributed by atoms with E-state index in [2.05, 4.69) is 17.6 Å². The average molecular weight is 296 g/mol. The van der Waals surface area contributed by atoms with Crippen molar-refractivity contribution in [1.82, 2.24) is 5.32 Å². The first-order valence-electron chi connectivity index (χ1n) is 6.98. The fraction of sp³-hybridized carbons (Fsp3) is 0.533. The van der Waals surface area contributed by atoms with Crippen molar-refractivity contribution in [3.63, 3.8) is 0 Å². The molecule has 0 aromatic heterocycles. The van der Waals surface area contributed by atoms with Gasteiger partial charge in [-0.05, 0) is 30.8 Å². The van der Waals surface area contributed by atoms with Gasteiger partial charge in [0.1, 0.15) is 11.5 Å². The zero-order valence-electron chi connectivity index (χ0n) is 12.5. The van der Waals surface area contributed by atoms with Crippen LogP contribution in [-0.4, -0.2) is 25.9 Å². The molecule has 0 spiro atoms. The molecule has 1 aromatic carbocycles. The first kappa shape index (κ1) is 16.6. The SMILES string of the molecule is CCCCCCNC(=S)Nc1ccc(OC)cc1OC. The van der Waals surface area contributed by atoms with Gasteiger partial charge in [-0.2, -0.15) is 0 Å². The van der Waals surface area contributed by atoms with Crippen LogP contribution in [0.25, 0.3) is 0 Å². The van der Waals surface area contributed by atoms with Crippen molar-refractivity contribution >= 4 is 23.0 Å². The monoisotopic (exact) mass is 296 g/mol. The Morgan fingerprint density at radius 3 is 2.60 bits per heavy atom. The maximum atomic E-state index is 5.32. The molecule has 20 heavy (non-hydrogen) atoms. The van der Waals surface area contributed by atoms with Gasteiger partial charge in [-0.25, -0.2) is 0 Å². The number of methoxy groups -OCH3 is 2. The Labute approximate surface area is 126 Å². The highest BCUT2D eigenvalue weighted by Crippen LogP contribution is 2.28. The lowest BCUT2D eigenvalue weighted by Gasteiger charge is -2.14. The number of nitrogens with one attached hydrogen (secondary N) is 2. The molecule has 4 nitrogen and oxygen atoms in total. The molecule has 0 radical (unpaired) electrons. The summed E-state index contributed by atoms with van der Waals surface area (Å²) in [5.74, 6) is 1.46. The molecule has 0 aliphatic rings. The van der Waals surface area contributed by atoms with Crippen molar-refractivity contribution in [2.45, 2.75) is 32.6 Å². The maximum absolute atomic E-state index is 5.32. The van der Waals surface area contributed by atoms with E-state index in [4.69, 9.17) is 21.7 Å². The van der Waals surface area contributed by atoms with E-state index >= 15 is 0 Å². The summed E-state index contributed by atoms with van der Waals surface area (Å²) in [4.78, 5) is 0. The van der Waals surface area contributed by atoms with Crippen LogP contribution in [0.2, 0.25) is 0 Å². The number of benzene rings is 1. The van der Waals surface area contributed by atoms with E-state index in [-0.39, 0.29) is 0 Å². The molecule has 0 atom stereocenters. The Morgan fingerprint density at radius 1 is 1.15 bits per heavy atom. The summed E-state index contributed by atoms with van der Waals surface area (Å²) in [6, 6.07) is 5.59. The van der Waals surface area contributed by atoms with Gasteiger partial charge in [-0.1, -0.05) is 26.2 Å². The van der Waals surface area contributed by atoms with Crippen LogP contribution < -0.4 is 20.1 Å². The van der Waals surface area contributed by atoms with Crippen LogP contribution in [0.1, 0.15) is 32.6 Å². The van der Waals surface area contributed by atoms with Crippen LogP contribution in [0.4, 0.5) is 5.69 Å². The summed E-state index contributed by atoms with van der Waals surface area (Å²) in [5.41, 5.74) is 0.833. The topological polar surface area (TPSA) is 42.5 Å². The van der Waals surface area contributed by atoms with Crippen molar-refractivity contribution in [2.75, 3.05) is 26.1 Å². The summed E-state index contributed by atoms with van der Waals surface area (Å²) in [6.45, 7) is 3.10. The number of hydrogen-bond acceptors (Lipinski definition) is 3. The van der Waals surface area contributed by atoms with Crippen molar-refractivity contribution in [2.24, 2.45) is 0 Å². The van der Waals surface area contributed by atoms with Crippen LogP contribution in [0.3, 0.4) is 0 Å². The number of unbranched alkanes of at least 4 members (excludes halogenated alkanes) is 3. The van der Waals surface area contributed by atoms with Gasteiger partial charge < -0.3 is 20.1 Å². The Balaban J connectivity index is 2.45. The van der Waals surface area contributed by atoms with Gasteiger partial charge in [0.15, 0.2) is 5.11 Å². The summed E-state index contributed by atoms with van der Waals surface area (Å²) >= 11 is 5.27. The first-order chi connectivity index (χ1) is 9.71. The predicted molar refractivity (Wildman–Crippen MR) is 87.9 cm³/mol. The Bertz CT molecular complexity index is 424. The van der Waals surface area contributed by atoms with Gasteiger partial charge >= 0.3 is 0 Å². The number of rotatable bonds is 8. The van der Waals surface area contributed by atoms with Gasteiger partial charge in [-0.3, -0.25) is 0 Å². The smallest absolute Gasteiger partial charge is 0.170 e. The van der Waals surface area contributed by atoms with Crippen molar-refractivity contribution < 1.29 is 9.47 Å². The quantitative estimate of drug-likeness (QED) is 0.567. The second-order valence-electron chi connectivity index (χ2n) is 4.51. The molecule has 0 saturated heterocycles. The van der Waals surface area contributed by atoms with Gasteiger partial charge in [0.2, 0.25) is 0 Å². The van der Waals surface area contributed by atoms with E-state index in [9.17, 15) is 0 Å². The molecular formula is C15H24N2O2S. The molecule has 1 rings (SSSR count). The van der Waals surface area contributed by atoms with E-state index in [0.717, 1.165) is 24.4 Å². The minimum Gasteiger partial charge on any atom is -0.497 e. The molecule has 0 aliphatic heterocycles. The maximum Gasteiger partial charge on any atom is 0.170 e. The Morgan fingerprint density at radius 2 is 1.95 bits per heavy atom. The summed E-state index contributed by atoms with van der Waals surface area (Å²) in [5, 5.41) is 6.96. The van der Waals surface area contributed by atoms with E-state index in [0.29, 0.717) is 10.9 Å². The predicted octanol–water partition coefficient (Wildman–Crippen LogP) is 3.57. The first-order valence-corrected chi connectivity index (χ1v) is 7.39. The molecule has 0 fully saturated rings. The highest BCUT2D eigenvalue weighted by atomic mass is 32.1. The van der Waals surface area contributed by atoms with Crippen LogP contribution >= 0.6 is 12.2 Å². The number of thiocarbonyl (C=S) groups is 1. The Kier molecular flexibility index (Phi) is 7.80. The molecule has 112 valence electrons. The molecule has 0 saturated carbocycles. The standard InChI is InChI=1S/C15H24N2O2S/c1-4-5-6-7-10-16-15(20)17-13-9-8-12(18-2)11-14(13)19-3/h8-9,11H,4-7,10H2,1-3H3,(H2,16,17,20). The summed E-state index contributed by atoms with van der Waals surface area (Å²) < 4.78 is 10.5. The Hall–Kier alpha value is -1.49. The van der Waals surface area contributed by atoms with Gasteiger partial charge in [0.05, 0.1) is 19.9 Å². The molecule has 1 aromatic rings. The largest absolute Gasteiger partial charge is 0.497 e. The zero-order valence-corrected chi connectivity index (χ0v) is 13.3. The molecule has 0 bridgehead atoms. The molecule has 0 amide bonds. The third kappa shape index (κ3) is 5.65. The van der Waals surface area contributed by atoms with Gasteiger partial charge in [0, 0.05) is 12.6 Å². The lowest BCUT2D eigenvalue weighted by molar-refractivity contribution is 0.395. The molecule has 5 heteroatoms. The van der Waals surface area contributed by atoms with Gasteiger partial charge in [0.25, 0.3) is 0 Å². The van der Waals surface area contributed by atoms with Crippen LogP contribution in [0.15, 0.2) is 18.2 Å². The van der Waals surface area contributed by atoms with E-state index in [1.54, 1.807) is 14.2 Å². The lowest BCUT2D eigenvalue weighted by Crippen LogP contribution is -2.29. The highest BCUT2D eigenvalue weighted by Gasteiger charge is 2.06. The summed E-state index contributed by atoms with van der Waals surface area (Å²) in [7, 11) is 3.26. The highest BCUT2D eigenvalue weighted by molar-refractivity contribution is 7.80. The van der Waals surface area contributed by atoms with Gasteiger partial charge in [-0.15, -0.1) is 0 Å². The summed E-state index contributed by atoms with van der Waals surface area (Å²) in [6.07, 6.45) is 4.88. The third-order valence-corrected chi connectivity index (χ3v) is 3.22. The number of ether oxygens (including phenoxy) is 2. The van der Waals surface area contributed by atoms with Crippen LogP contribution in [-0.2, 0) is 0 Å². The molecular weight excluding hydrogens is 272 g/mol. The lowest BCUT2D eigenvalue weighted by atomic mass is 10.2. The van der Waals surface area contributed by atoms with Crippen molar-refractivity contribution in [3.05, 3.63) is 18.2 Å². The second-order valence-corrected chi connectivity index (χ2v) is 4.92. The second kappa shape index (κ2) is 9.42. The van der Waals surface area contributed by atoms with E-state index < -0.39 is 0 Å². The van der Waals surface area contributed by atoms with Crippen LogP contribution in [0, 0.1) is 0 Å². The molecule has 2 N–H and O–H groups in total. The molecule has 0 heterocycles. The van der Waals surface area contributed by atoms with Crippen molar-refractivity contribution in [1.29, 1.82) is 0 Å². The zero-order chi connectivity index (χ0) is 14.8. The van der Waals surface area contributed by atoms with E-state index in [1.165, 1.54) is 19.3 Å². The van der Waals surface area contributed by atoms with E-state index in [1.807, 2.05) is 18.2 Å². The number of anilines is 1. The minimum absolute atomic E-state index is 0.616. The molecule has 0 aliphatic carbocycles. The number of hydrogen-bond donors (Lipinski definition) is 2. The average Bonchev–Trinajstić information content (AvgIpc) is 2.47.